The Bertz CT molecular complexity index is 2040. The SMILES string of the molecule is O=C(NC(CCN1CCN(Cc2ccncc2)[C@@H](CN(CCCCN2C(=O)c3ccccc3C2=O)[C@H]2CCCc3cccnc32)C1)c1ccccc1)C1CCC(F)(F)CC1. The number of imide groups is 1. The Hall–Kier alpha value is -4.91. The number of carbonyl (C=O) groups excluding carboxylic acids is 3. The topological polar surface area (TPSA) is 102 Å². The molecule has 2 fully saturated rings. The number of rotatable bonds is 16. The van der Waals surface area contributed by atoms with E-state index >= 15 is 0 Å². The van der Waals surface area contributed by atoms with Crippen molar-refractivity contribution >= 4 is 17.7 Å². The first-order valence-electron chi connectivity index (χ1n) is 21.9. The van der Waals surface area contributed by atoms with E-state index < -0.39 is 11.8 Å². The molecule has 1 N–H and O–H groups in total. The Morgan fingerprint density at radius 2 is 1.58 bits per heavy atom. The molecule has 3 amide bonds. The van der Waals surface area contributed by atoms with Gasteiger partial charge in [0.05, 0.1) is 28.9 Å². The summed E-state index contributed by atoms with van der Waals surface area (Å²) >= 11 is 0. The van der Waals surface area contributed by atoms with Gasteiger partial charge in [0.1, 0.15) is 0 Å². The number of hydrogen-bond acceptors (Lipinski definition) is 8. The summed E-state index contributed by atoms with van der Waals surface area (Å²) < 4.78 is 27.9. The molecular weight excluding hydrogens is 761 g/mol. The third-order valence-electron chi connectivity index (χ3n) is 13.2. The monoisotopic (exact) mass is 817 g/mol. The lowest BCUT2D eigenvalue weighted by Gasteiger charge is -2.45. The highest BCUT2D eigenvalue weighted by atomic mass is 19.3. The van der Waals surface area contributed by atoms with E-state index in [1.54, 1.807) is 24.3 Å². The fraction of sp³-hybridized carbons (Fsp3) is 0.479. The van der Waals surface area contributed by atoms with Gasteiger partial charge in [0.25, 0.3) is 11.8 Å². The molecule has 0 bridgehead atoms. The molecule has 2 aliphatic heterocycles. The summed E-state index contributed by atoms with van der Waals surface area (Å²) in [7, 11) is 0. The second kappa shape index (κ2) is 19.2. The van der Waals surface area contributed by atoms with E-state index in [1.165, 1.54) is 16.0 Å². The predicted molar refractivity (Wildman–Crippen MR) is 226 cm³/mol. The minimum absolute atomic E-state index is 0.126. The van der Waals surface area contributed by atoms with Crippen LogP contribution in [0.1, 0.15) is 113 Å². The quantitative estimate of drug-likeness (QED) is 0.0918. The van der Waals surface area contributed by atoms with Crippen LogP contribution in [-0.2, 0) is 17.8 Å². The summed E-state index contributed by atoms with van der Waals surface area (Å²) in [5, 5.41) is 3.28. The van der Waals surface area contributed by atoms with Gasteiger partial charge in [-0.3, -0.25) is 39.1 Å². The molecule has 4 heterocycles. The van der Waals surface area contributed by atoms with Crippen molar-refractivity contribution in [2.75, 3.05) is 45.8 Å². The van der Waals surface area contributed by atoms with Crippen LogP contribution in [0, 0.1) is 5.92 Å². The van der Waals surface area contributed by atoms with Crippen molar-refractivity contribution < 1.29 is 23.2 Å². The molecule has 60 heavy (non-hydrogen) atoms. The van der Waals surface area contributed by atoms with Gasteiger partial charge in [0.2, 0.25) is 11.8 Å². The zero-order chi connectivity index (χ0) is 41.5. The number of aryl methyl sites for hydroxylation is 1. The number of benzene rings is 2. The maximum Gasteiger partial charge on any atom is 0.261 e. The number of aromatic nitrogens is 2. The minimum atomic E-state index is -2.68. The first kappa shape index (κ1) is 41.8. The minimum Gasteiger partial charge on any atom is -0.349 e. The van der Waals surface area contributed by atoms with Crippen molar-refractivity contribution in [2.24, 2.45) is 5.92 Å². The number of nitrogens with one attached hydrogen (secondary N) is 1. The first-order chi connectivity index (χ1) is 29.2. The number of piperazine rings is 1. The Kier molecular flexibility index (Phi) is 13.4. The molecule has 3 atom stereocenters. The van der Waals surface area contributed by atoms with E-state index in [9.17, 15) is 23.2 Å². The average molecular weight is 818 g/mol. The molecule has 316 valence electrons. The second-order valence-corrected chi connectivity index (χ2v) is 17.1. The molecular formula is C48H57F2N7O3. The highest BCUT2D eigenvalue weighted by Crippen LogP contribution is 2.37. The van der Waals surface area contributed by atoms with Crippen LogP contribution in [0.2, 0.25) is 0 Å². The van der Waals surface area contributed by atoms with Crippen molar-refractivity contribution in [1.29, 1.82) is 0 Å². The van der Waals surface area contributed by atoms with Gasteiger partial charge in [-0.2, -0.15) is 0 Å². The van der Waals surface area contributed by atoms with Crippen LogP contribution < -0.4 is 5.32 Å². The smallest absolute Gasteiger partial charge is 0.261 e. The molecule has 2 aromatic heterocycles. The maximum atomic E-state index is 14.0. The number of nitrogens with zero attached hydrogens (tertiary/aromatic N) is 6. The fourth-order valence-electron chi connectivity index (χ4n) is 9.79. The largest absolute Gasteiger partial charge is 0.349 e. The average Bonchev–Trinajstić information content (AvgIpc) is 3.52. The summed E-state index contributed by atoms with van der Waals surface area (Å²) in [4.78, 5) is 58.1. The highest BCUT2D eigenvalue weighted by Gasteiger charge is 2.39. The molecule has 1 unspecified atom stereocenters. The fourth-order valence-corrected chi connectivity index (χ4v) is 9.79. The van der Waals surface area contributed by atoms with E-state index in [0.717, 1.165) is 82.8 Å². The highest BCUT2D eigenvalue weighted by molar-refractivity contribution is 6.21. The molecule has 1 saturated heterocycles. The molecule has 4 aromatic rings. The Balaban J connectivity index is 0.979. The molecule has 4 aliphatic rings. The molecule has 8 rings (SSSR count). The zero-order valence-electron chi connectivity index (χ0n) is 34.4. The third kappa shape index (κ3) is 9.99. The lowest BCUT2D eigenvalue weighted by atomic mass is 9.86. The summed E-state index contributed by atoms with van der Waals surface area (Å²) in [5.74, 6) is -3.62. The van der Waals surface area contributed by atoms with Gasteiger partial charge in [-0.1, -0.05) is 48.5 Å². The zero-order valence-corrected chi connectivity index (χ0v) is 34.4. The van der Waals surface area contributed by atoms with Crippen LogP contribution in [0.4, 0.5) is 8.78 Å². The molecule has 2 aliphatic carbocycles. The maximum absolute atomic E-state index is 14.0. The Labute approximate surface area is 352 Å². The number of fused-ring (bicyclic) bond motifs is 2. The van der Waals surface area contributed by atoms with Crippen molar-refractivity contribution in [3.05, 3.63) is 131 Å². The first-order valence-corrected chi connectivity index (χ1v) is 21.9. The second-order valence-electron chi connectivity index (χ2n) is 17.1. The number of carbonyl (C=O) groups is 3. The van der Waals surface area contributed by atoms with E-state index in [1.807, 2.05) is 55.0 Å². The van der Waals surface area contributed by atoms with Crippen molar-refractivity contribution in [2.45, 2.75) is 94.8 Å². The van der Waals surface area contributed by atoms with Crippen molar-refractivity contribution in [3.8, 4) is 0 Å². The van der Waals surface area contributed by atoms with Gasteiger partial charge in [0, 0.05) is 89.2 Å². The number of amides is 3. The van der Waals surface area contributed by atoms with E-state index in [-0.39, 0.29) is 61.5 Å². The van der Waals surface area contributed by atoms with E-state index in [2.05, 4.69) is 43.2 Å². The molecule has 0 spiro atoms. The van der Waals surface area contributed by atoms with Gasteiger partial charge in [-0.15, -0.1) is 0 Å². The van der Waals surface area contributed by atoms with Gasteiger partial charge in [-0.25, -0.2) is 8.78 Å². The number of alkyl halides is 2. The molecule has 0 radical (unpaired) electrons. The van der Waals surface area contributed by atoms with Crippen LogP contribution in [0.25, 0.3) is 0 Å². The molecule has 10 nitrogen and oxygen atoms in total. The number of hydrogen-bond donors (Lipinski definition) is 1. The lowest BCUT2D eigenvalue weighted by molar-refractivity contribution is -0.130. The summed E-state index contributed by atoms with van der Waals surface area (Å²) in [6, 6.07) is 25.6. The Morgan fingerprint density at radius 3 is 2.33 bits per heavy atom. The van der Waals surface area contributed by atoms with Gasteiger partial charge in [-0.05, 0) is 105 Å². The Morgan fingerprint density at radius 1 is 0.850 bits per heavy atom. The van der Waals surface area contributed by atoms with Crippen LogP contribution >= 0.6 is 0 Å². The predicted octanol–water partition coefficient (Wildman–Crippen LogP) is 7.49. The van der Waals surface area contributed by atoms with Gasteiger partial charge < -0.3 is 10.2 Å². The summed E-state index contributed by atoms with van der Waals surface area (Å²) in [6.45, 7) is 6.18. The van der Waals surface area contributed by atoms with Crippen molar-refractivity contribution in [3.63, 3.8) is 0 Å². The molecule has 1 saturated carbocycles. The standard InChI is InChI=1S/C48H57F2N7O3/c49-48(50)22-17-38(18-23-48)45(58)53-42(36-10-2-1-3-11-36)21-29-54-30-31-55(32-35-19-25-51-26-20-35)39(33-54)34-56(43-16-8-12-37-13-9-24-52-44(37)43)27-6-7-28-57-46(59)40-14-4-5-15-41(40)47(57)60/h1-5,9-11,13-15,19-20,24-26,38-39,42-43H,6-8,12,16-18,21-23,27-34H2,(H,53,58)/t39-,42?,43+/m1/s1. The summed E-state index contributed by atoms with van der Waals surface area (Å²) in [5.41, 5.74) is 5.67. The third-order valence-corrected chi connectivity index (χ3v) is 13.2. The molecule has 12 heteroatoms. The van der Waals surface area contributed by atoms with Crippen LogP contribution in [0.15, 0.2) is 97.5 Å². The van der Waals surface area contributed by atoms with Gasteiger partial charge in [0.15, 0.2) is 0 Å². The van der Waals surface area contributed by atoms with Crippen LogP contribution in [0.3, 0.4) is 0 Å². The number of pyridine rings is 2. The molecule has 2 aromatic carbocycles. The van der Waals surface area contributed by atoms with Gasteiger partial charge >= 0.3 is 0 Å². The summed E-state index contributed by atoms with van der Waals surface area (Å²) in [6.07, 6.45) is 10.9. The van der Waals surface area contributed by atoms with E-state index in [4.69, 9.17) is 4.98 Å². The van der Waals surface area contributed by atoms with Crippen LogP contribution in [0.5, 0.6) is 0 Å². The normalized spacial score (nSPS) is 21.5. The lowest BCUT2D eigenvalue weighted by Crippen LogP contribution is -2.57. The number of unbranched alkanes of at least 4 members (excludes halogenated alkanes) is 1. The number of halogens is 2. The van der Waals surface area contributed by atoms with Crippen LogP contribution in [-0.4, -0.2) is 105 Å². The van der Waals surface area contributed by atoms with E-state index in [0.29, 0.717) is 30.5 Å². The van der Waals surface area contributed by atoms with Crippen molar-refractivity contribution in [1.82, 2.24) is 34.9 Å².